The molecule has 0 aliphatic carbocycles. The molecule has 12 heteroatoms. The minimum atomic E-state index is -0.256. The molecule has 3 aromatic rings. The van der Waals surface area contributed by atoms with Crippen molar-refractivity contribution in [3.8, 4) is 0 Å². The average Bonchev–Trinajstić information content (AvgIpc) is 3.07. The lowest BCUT2D eigenvalue weighted by molar-refractivity contribution is -0.384. The summed E-state index contributed by atoms with van der Waals surface area (Å²) in [5, 5.41) is 20.5. The van der Waals surface area contributed by atoms with Crippen LogP contribution in [0.25, 0.3) is 0 Å². The first-order valence-electron chi connectivity index (χ1n) is 17.7. The van der Waals surface area contributed by atoms with Crippen molar-refractivity contribution in [3.63, 3.8) is 0 Å². The summed E-state index contributed by atoms with van der Waals surface area (Å²) in [6.07, 6.45) is 10.4. The van der Waals surface area contributed by atoms with Gasteiger partial charge in [0.2, 0.25) is 17.8 Å². The van der Waals surface area contributed by atoms with Gasteiger partial charge in [-0.2, -0.15) is 20.1 Å². The summed E-state index contributed by atoms with van der Waals surface area (Å²) in [4.78, 5) is 33.3. The van der Waals surface area contributed by atoms with E-state index >= 15 is 0 Å². The molecule has 0 bridgehead atoms. The molecule has 3 aliphatic heterocycles. The van der Waals surface area contributed by atoms with Gasteiger partial charge in [0.1, 0.15) is 5.69 Å². The van der Waals surface area contributed by atoms with Crippen LogP contribution in [0.4, 0.5) is 40.6 Å². The van der Waals surface area contributed by atoms with Crippen molar-refractivity contribution in [1.82, 2.24) is 15.0 Å². The van der Waals surface area contributed by atoms with Crippen LogP contribution in [0.1, 0.15) is 88.8 Å². The fourth-order valence-corrected chi connectivity index (χ4v) is 7.21. The summed E-state index contributed by atoms with van der Waals surface area (Å²) in [6.45, 7) is 14.3. The van der Waals surface area contributed by atoms with Crippen molar-refractivity contribution >= 4 is 46.8 Å². The first kappa shape index (κ1) is 33.4. The van der Waals surface area contributed by atoms with Gasteiger partial charge in [0, 0.05) is 61.3 Å². The highest BCUT2D eigenvalue weighted by Gasteiger charge is 2.30. The maximum absolute atomic E-state index is 12.5. The van der Waals surface area contributed by atoms with Crippen molar-refractivity contribution in [3.05, 3.63) is 57.1 Å². The molecule has 0 unspecified atom stereocenters. The van der Waals surface area contributed by atoms with Crippen LogP contribution in [0.3, 0.4) is 0 Å². The van der Waals surface area contributed by atoms with Crippen molar-refractivity contribution in [2.24, 2.45) is 11.0 Å². The standard InChI is InChI=1S/C36H50N10O2/c1-24-15-19-43(20-16-24)36-40-34(38-30-14-10-11-25(2)28(30)5)39-35(41-36)42-37-23-29-21-33(46(47)48)32(45-18-9-7-13-27(45)4)22-31(29)44-17-8-6-12-26(44)3/h10-11,14,21-24,26-27H,6-9,12-13,15-20H2,1-5H3,(H2,38,39,40,41,42)/b37-23-/t26-,27+/m0/s1. The maximum atomic E-state index is 12.5. The number of hydrogen-bond acceptors (Lipinski definition) is 11. The predicted octanol–water partition coefficient (Wildman–Crippen LogP) is 7.58. The number of hydrogen-bond donors (Lipinski definition) is 2. The molecule has 0 amide bonds. The second-order valence-electron chi connectivity index (χ2n) is 13.9. The van der Waals surface area contributed by atoms with E-state index in [-0.39, 0.29) is 16.7 Å². The number of benzene rings is 2. The number of nitro groups is 1. The summed E-state index contributed by atoms with van der Waals surface area (Å²) in [7, 11) is 0. The van der Waals surface area contributed by atoms with Gasteiger partial charge in [-0.15, -0.1) is 0 Å². The molecule has 2 atom stereocenters. The van der Waals surface area contributed by atoms with Gasteiger partial charge < -0.3 is 20.0 Å². The molecule has 48 heavy (non-hydrogen) atoms. The lowest BCUT2D eigenvalue weighted by Crippen LogP contribution is -2.40. The Kier molecular flexibility index (Phi) is 10.3. The van der Waals surface area contributed by atoms with E-state index in [2.05, 4.69) is 76.2 Å². The Morgan fingerprint density at radius 2 is 1.52 bits per heavy atom. The Balaban J connectivity index is 1.35. The van der Waals surface area contributed by atoms with E-state index in [9.17, 15) is 10.1 Å². The summed E-state index contributed by atoms with van der Waals surface area (Å²) in [5.74, 6) is 2.01. The number of aromatic nitrogens is 3. The first-order valence-corrected chi connectivity index (χ1v) is 17.7. The highest BCUT2D eigenvalue weighted by Crippen LogP contribution is 2.40. The van der Waals surface area contributed by atoms with E-state index in [1.807, 2.05) is 18.2 Å². The normalized spacial score (nSPS) is 20.7. The van der Waals surface area contributed by atoms with E-state index in [0.717, 1.165) is 88.1 Å². The van der Waals surface area contributed by atoms with E-state index < -0.39 is 0 Å². The van der Waals surface area contributed by atoms with Crippen LogP contribution in [0, 0.1) is 29.9 Å². The van der Waals surface area contributed by atoms with Crippen LogP contribution in [0.2, 0.25) is 0 Å². The lowest BCUT2D eigenvalue weighted by Gasteiger charge is -2.39. The zero-order valence-electron chi connectivity index (χ0n) is 29.1. The van der Waals surface area contributed by atoms with Gasteiger partial charge in [0.05, 0.1) is 11.1 Å². The number of hydrazone groups is 1. The van der Waals surface area contributed by atoms with Gasteiger partial charge in [-0.1, -0.05) is 19.1 Å². The third-order valence-electron chi connectivity index (χ3n) is 10.5. The molecule has 6 rings (SSSR count). The van der Waals surface area contributed by atoms with Gasteiger partial charge in [-0.3, -0.25) is 10.1 Å². The quantitative estimate of drug-likeness (QED) is 0.135. The van der Waals surface area contributed by atoms with Gasteiger partial charge in [-0.05, 0) is 108 Å². The van der Waals surface area contributed by atoms with E-state index in [1.165, 1.54) is 12.0 Å². The van der Waals surface area contributed by atoms with Crippen LogP contribution < -0.4 is 25.4 Å². The lowest BCUT2D eigenvalue weighted by atomic mass is 9.98. The summed E-state index contributed by atoms with van der Waals surface area (Å²) in [5.41, 5.74) is 8.77. The number of aryl methyl sites for hydroxylation is 1. The molecule has 0 saturated carbocycles. The summed E-state index contributed by atoms with van der Waals surface area (Å²) < 4.78 is 0. The van der Waals surface area contributed by atoms with Crippen molar-refractivity contribution in [1.29, 1.82) is 0 Å². The Bertz CT molecular complexity index is 1640. The number of nitro benzene ring substituents is 1. The maximum Gasteiger partial charge on any atom is 0.293 e. The topological polar surface area (TPSA) is 128 Å². The monoisotopic (exact) mass is 654 g/mol. The zero-order valence-corrected chi connectivity index (χ0v) is 29.1. The fourth-order valence-electron chi connectivity index (χ4n) is 7.21. The first-order chi connectivity index (χ1) is 23.2. The molecule has 0 radical (unpaired) electrons. The largest absolute Gasteiger partial charge is 0.368 e. The molecular weight excluding hydrogens is 604 g/mol. The summed E-state index contributed by atoms with van der Waals surface area (Å²) in [6, 6.07) is 10.4. The van der Waals surface area contributed by atoms with E-state index in [0.29, 0.717) is 41.1 Å². The molecule has 1 aromatic heterocycles. The van der Waals surface area contributed by atoms with Crippen molar-refractivity contribution < 1.29 is 4.92 Å². The smallest absolute Gasteiger partial charge is 0.293 e. The Morgan fingerprint density at radius 3 is 2.19 bits per heavy atom. The molecule has 0 spiro atoms. The minimum Gasteiger partial charge on any atom is -0.368 e. The molecule has 256 valence electrons. The van der Waals surface area contributed by atoms with Gasteiger partial charge in [-0.25, -0.2) is 5.43 Å². The third-order valence-corrected chi connectivity index (χ3v) is 10.5. The fraction of sp³-hybridized carbons (Fsp3) is 0.556. The van der Waals surface area contributed by atoms with Gasteiger partial charge >= 0.3 is 0 Å². The van der Waals surface area contributed by atoms with Gasteiger partial charge in [0.25, 0.3) is 5.69 Å². The Hall–Kier alpha value is -4.48. The van der Waals surface area contributed by atoms with Crippen LogP contribution in [-0.4, -0.2) is 64.4 Å². The number of nitrogens with one attached hydrogen (secondary N) is 2. The van der Waals surface area contributed by atoms with Gasteiger partial charge in [0.15, 0.2) is 0 Å². The van der Waals surface area contributed by atoms with Crippen molar-refractivity contribution in [2.45, 2.75) is 98.1 Å². The molecular formula is C36H50N10O2. The number of piperidine rings is 3. The van der Waals surface area contributed by atoms with E-state index in [1.54, 1.807) is 12.3 Å². The SMILES string of the molecule is Cc1cccc(Nc2nc(N/N=C\c3cc([N+](=O)[O-])c(N4CCCC[C@H]4C)cc3N3CCCC[C@@H]3C)nc(N3CCC(C)CC3)n2)c1C. The van der Waals surface area contributed by atoms with Crippen molar-refractivity contribution in [2.75, 3.05) is 51.6 Å². The molecule has 3 fully saturated rings. The average molecular weight is 655 g/mol. The zero-order chi connectivity index (χ0) is 33.8. The van der Waals surface area contributed by atoms with Crippen LogP contribution in [0.5, 0.6) is 0 Å². The highest BCUT2D eigenvalue weighted by molar-refractivity contribution is 5.92. The Labute approximate surface area is 284 Å². The second-order valence-corrected chi connectivity index (χ2v) is 13.9. The number of anilines is 6. The Morgan fingerprint density at radius 1 is 0.854 bits per heavy atom. The molecule has 12 nitrogen and oxygen atoms in total. The number of nitrogens with zero attached hydrogens (tertiary/aromatic N) is 8. The predicted molar refractivity (Wildman–Crippen MR) is 195 cm³/mol. The number of rotatable bonds is 9. The minimum absolute atomic E-state index is 0.111. The van der Waals surface area contributed by atoms with E-state index in [4.69, 9.17) is 9.97 Å². The molecule has 2 N–H and O–H groups in total. The highest BCUT2D eigenvalue weighted by atomic mass is 16.6. The molecule has 2 aromatic carbocycles. The van der Waals surface area contributed by atoms with Crippen LogP contribution in [0.15, 0.2) is 35.4 Å². The molecule has 3 saturated heterocycles. The second kappa shape index (κ2) is 14.7. The molecule has 3 aliphatic rings. The summed E-state index contributed by atoms with van der Waals surface area (Å²) >= 11 is 0. The van der Waals surface area contributed by atoms with Crippen LogP contribution >= 0.6 is 0 Å². The van der Waals surface area contributed by atoms with Crippen LogP contribution in [-0.2, 0) is 0 Å². The third kappa shape index (κ3) is 7.47. The molecule has 4 heterocycles.